The minimum Gasteiger partial charge on any atom is -0.867 e. The van der Waals surface area contributed by atoms with Crippen LogP contribution in [0.25, 0.3) is 22.3 Å². The Labute approximate surface area is 113 Å². The summed E-state index contributed by atoms with van der Waals surface area (Å²) in [5.74, 6) is -1.68. The van der Waals surface area contributed by atoms with E-state index >= 15 is 0 Å². The lowest BCUT2D eigenvalue weighted by Gasteiger charge is -2.13. The van der Waals surface area contributed by atoms with E-state index in [-0.39, 0.29) is 22.5 Å². The van der Waals surface area contributed by atoms with E-state index < -0.39 is 16.9 Å². The van der Waals surface area contributed by atoms with E-state index in [0.29, 0.717) is 5.56 Å². The first-order chi connectivity index (χ1) is 9.58. The number of benzene rings is 2. The highest BCUT2D eigenvalue weighted by atomic mass is 16.4. The first-order valence-corrected chi connectivity index (χ1v) is 5.83. The predicted octanol–water partition coefficient (Wildman–Crippen LogP) is 1.94. The third-order valence-electron chi connectivity index (χ3n) is 2.95. The number of rotatable bonds is 1. The molecule has 0 unspecified atom stereocenters. The molecule has 0 saturated carbocycles. The summed E-state index contributed by atoms with van der Waals surface area (Å²) in [6.07, 6.45) is 0. The highest BCUT2D eigenvalue weighted by molar-refractivity contribution is 5.87. The molecule has 1 aromatic heterocycles. The summed E-state index contributed by atoms with van der Waals surface area (Å²) < 4.78 is 5.39. The molecule has 2 N–H and O–H groups in total. The Morgan fingerprint density at radius 3 is 2.45 bits per heavy atom. The molecule has 0 radical (unpaired) electrons. The highest BCUT2D eigenvalue weighted by Crippen LogP contribution is 2.33. The molecule has 3 aromatic rings. The molecular weight excluding hydrogens is 260 g/mol. The van der Waals surface area contributed by atoms with Gasteiger partial charge < -0.3 is 19.7 Å². The maximum atomic E-state index is 12.0. The van der Waals surface area contributed by atoms with Crippen molar-refractivity contribution in [2.24, 2.45) is 0 Å². The second-order valence-electron chi connectivity index (χ2n) is 4.29. The van der Waals surface area contributed by atoms with Gasteiger partial charge in [-0.1, -0.05) is 30.3 Å². The molecule has 2 aromatic carbocycles. The van der Waals surface area contributed by atoms with Gasteiger partial charge in [-0.2, -0.15) is 0 Å². The van der Waals surface area contributed by atoms with Crippen molar-refractivity contribution in [3.05, 3.63) is 52.7 Å². The molecular formula is C15H9O5-. The molecule has 0 fully saturated rings. The Morgan fingerprint density at radius 1 is 1.05 bits per heavy atom. The second kappa shape index (κ2) is 4.31. The SMILES string of the molecule is O=c1c([O-])c(-c2ccccc2)oc2cc(O)cc(O)c12. The van der Waals surface area contributed by atoms with Crippen LogP contribution in [0.2, 0.25) is 0 Å². The molecule has 0 aliphatic carbocycles. The average Bonchev–Trinajstić information content (AvgIpc) is 2.43. The zero-order valence-corrected chi connectivity index (χ0v) is 10.2. The van der Waals surface area contributed by atoms with Gasteiger partial charge >= 0.3 is 0 Å². The predicted molar refractivity (Wildman–Crippen MR) is 70.7 cm³/mol. The number of hydrogen-bond acceptors (Lipinski definition) is 5. The molecule has 100 valence electrons. The summed E-state index contributed by atoms with van der Waals surface area (Å²) >= 11 is 0. The summed E-state index contributed by atoms with van der Waals surface area (Å²) in [4.78, 5) is 12.0. The van der Waals surface area contributed by atoms with E-state index in [1.807, 2.05) is 0 Å². The van der Waals surface area contributed by atoms with Crippen molar-refractivity contribution in [1.82, 2.24) is 0 Å². The van der Waals surface area contributed by atoms with Crippen LogP contribution in [-0.2, 0) is 0 Å². The smallest absolute Gasteiger partial charge is 0.189 e. The molecule has 0 bridgehead atoms. The van der Waals surface area contributed by atoms with Crippen LogP contribution in [0.4, 0.5) is 0 Å². The summed E-state index contributed by atoms with van der Waals surface area (Å²) in [6, 6.07) is 10.6. The standard InChI is InChI=1S/C15H10O5/c16-9-6-10(17)12-11(7-9)20-15(14(19)13(12)18)8-4-2-1-3-5-8/h1-7,16-17,19H/p-1. The van der Waals surface area contributed by atoms with Crippen LogP contribution in [0.1, 0.15) is 0 Å². The number of hydrogen-bond donors (Lipinski definition) is 2. The fourth-order valence-corrected chi connectivity index (χ4v) is 2.05. The van der Waals surface area contributed by atoms with E-state index in [9.17, 15) is 20.1 Å². The third kappa shape index (κ3) is 1.76. The maximum absolute atomic E-state index is 12.0. The summed E-state index contributed by atoms with van der Waals surface area (Å²) in [5.41, 5.74) is -0.437. The Morgan fingerprint density at radius 2 is 1.75 bits per heavy atom. The van der Waals surface area contributed by atoms with Crippen molar-refractivity contribution >= 4 is 11.0 Å². The topological polar surface area (TPSA) is 93.7 Å². The van der Waals surface area contributed by atoms with E-state index in [4.69, 9.17) is 4.42 Å². The minimum absolute atomic E-state index is 0.0362. The van der Waals surface area contributed by atoms with Crippen molar-refractivity contribution in [2.75, 3.05) is 0 Å². The first kappa shape index (κ1) is 12.1. The zero-order valence-electron chi connectivity index (χ0n) is 10.2. The van der Waals surface area contributed by atoms with Crippen LogP contribution in [-0.4, -0.2) is 10.2 Å². The lowest BCUT2D eigenvalue weighted by atomic mass is 10.1. The number of phenols is 2. The van der Waals surface area contributed by atoms with E-state index in [2.05, 4.69) is 0 Å². The van der Waals surface area contributed by atoms with Crippen LogP contribution < -0.4 is 10.5 Å². The van der Waals surface area contributed by atoms with Gasteiger partial charge in [0.25, 0.3) is 0 Å². The Kier molecular flexibility index (Phi) is 2.61. The summed E-state index contributed by atoms with van der Waals surface area (Å²) in [5, 5.41) is 30.9. The van der Waals surface area contributed by atoms with Crippen LogP contribution in [0.3, 0.4) is 0 Å². The van der Waals surface area contributed by atoms with Gasteiger partial charge in [0, 0.05) is 17.7 Å². The number of phenolic OH excluding ortho intramolecular Hbond substituents is 2. The fourth-order valence-electron chi connectivity index (χ4n) is 2.05. The number of fused-ring (bicyclic) bond motifs is 1. The van der Waals surface area contributed by atoms with E-state index in [1.54, 1.807) is 30.3 Å². The van der Waals surface area contributed by atoms with Gasteiger partial charge in [-0.25, -0.2) is 0 Å². The van der Waals surface area contributed by atoms with Crippen molar-refractivity contribution in [3.63, 3.8) is 0 Å². The van der Waals surface area contributed by atoms with Crippen LogP contribution in [0.15, 0.2) is 51.7 Å². The molecule has 1 heterocycles. The largest absolute Gasteiger partial charge is 0.867 e. The van der Waals surface area contributed by atoms with Crippen LogP contribution in [0, 0.1) is 0 Å². The van der Waals surface area contributed by atoms with Gasteiger partial charge in [0.1, 0.15) is 28.2 Å². The van der Waals surface area contributed by atoms with E-state index in [1.165, 1.54) is 6.07 Å². The summed E-state index contributed by atoms with van der Waals surface area (Å²) in [6.45, 7) is 0. The lowest BCUT2D eigenvalue weighted by Crippen LogP contribution is -2.11. The van der Waals surface area contributed by atoms with Crippen molar-refractivity contribution in [3.8, 4) is 28.6 Å². The quantitative estimate of drug-likeness (QED) is 0.704. The monoisotopic (exact) mass is 269 g/mol. The molecule has 20 heavy (non-hydrogen) atoms. The molecule has 0 spiro atoms. The third-order valence-corrected chi connectivity index (χ3v) is 2.95. The van der Waals surface area contributed by atoms with E-state index in [0.717, 1.165) is 6.07 Å². The minimum atomic E-state index is -0.859. The zero-order chi connectivity index (χ0) is 14.3. The Balaban J connectivity index is 2.42. The molecule has 5 heteroatoms. The van der Waals surface area contributed by atoms with Gasteiger partial charge in [0.2, 0.25) is 0 Å². The van der Waals surface area contributed by atoms with Crippen molar-refractivity contribution in [1.29, 1.82) is 0 Å². The molecule has 0 atom stereocenters. The molecule has 3 rings (SSSR count). The Hall–Kier alpha value is -2.95. The number of aromatic hydroxyl groups is 2. The van der Waals surface area contributed by atoms with Crippen molar-refractivity contribution < 1.29 is 19.7 Å². The summed E-state index contributed by atoms with van der Waals surface area (Å²) in [7, 11) is 0. The maximum Gasteiger partial charge on any atom is 0.189 e. The molecule has 0 aliphatic rings. The molecule has 0 amide bonds. The van der Waals surface area contributed by atoms with Crippen molar-refractivity contribution in [2.45, 2.75) is 0 Å². The van der Waals surface area contributed by atoms with Gasteiger partial charge in [0.05, 0.1) is 0 Å². The second-order valence-corrected chi connectivity index (χ2v) is 4.29. The molecule has 0 saturated heterocycles. The molecule has 0 aliphatic heterocycles. The molecule has 5 nitrogen and oxygen atoms in total. The van der Waals surface area contributed by atoms with Gasteiger partial charge in [-0.3, -0.25) is 4.79 Å². The van der Waals surface area contributed by atoms with Gasteiger partial charge in [-0.15, -0.1) is 0 Å². The van der Waals surface area contributed by atoms with Crippen LogP contribution >= 0.6 is 0 Å². The normalized spacial score (nSPS) is 10.8. The Bertz CT molecular complexity index is 850. The average molecular weight is 269 g/mol. The fraction of sp³-hybridized carbons (Fsp3) is 0. The lowest BCUT2D eigenvalue weighted by molar-refractivity contribution is -0.270. The van der Waals surface area contributed by atoms with Gasteiger partial charge in [0.15, 0.2) is 5.43 Å². The first-order valence-electron chi connectivity index (χ1n) is 5.83. The highest BCUT2D eigenvalue weighted by Gasteiger charge is 2.13. The van der Waals surface area contributed by atoms with Crippen LogP contribution in [0.5, 0.6) is 17.2 Å². The van der Waals surface area contributed by atoms with Gasteiger partial charge in [-0.05, 0) is 5.75 Å².